The van der Waals surface area contributed by atoms with Gasteiger partial charge in [-0.2, -0.15) is 5.10 Å². The molecule has 0 spiro atoms. The van der Waals surface area contributed by atoms with E-state index < -0.39 is 0 Å². The Kier molecular flexibility index (Phi) is 5.20. The van der Waals surface area contributed by atoms with Gasteiger partial charge in [-0.3, -0.25) is 4.79 Å². The Labute approximate surface area is 169 Å². The summed E-state index contributed by atoms with van der Waals surface area (Å²) < 4.78 is 15.1. The van der Waals surface area contributed by atoms with E-state index in [1.807, 2.05) is 43.5 Å². The van der Waals surface area contributed by atoms with E-state index in [2.05, 4.69) is 10.4 Å². The van der Waals surface area contributed by atoms with Crippen molar-refractivity contribution >= 4 is 5.91 Å². The summed E-state index contributed by atoms with van der Waals surface area (Å²) >= 11 is 0. The van der Waals surface area contributed by atoms with Gasteiger partial charge in [0.15, 0.2) is 0 Å². The van der Waals surface area contributed by atoms with Crippen LogP contribution in [0.1, 0.15) is 25.3 Å². The molecule has 1 unspecified atom stereocenters. The van der Waals surface area contributed by atoms with Gasteiger partial charge in [-0.1, -0.05) is 18.2 Å². The average molecular weight is 392 g/mol. The molecule has 1 aromatic heterocycles. The Hall–Kier alpha value is -2.99. The normalized spacial score (nSPS) is 15.7. The minimum atomic E-state index is -0.372. The van der Waals surface area contributed by atoms with E-state index in [0.29, 0.717) is 18.2 Å². The van der Waals surface area contributed by atoms with Crippen LogP contribution in [0.15, 0.2) is 60.8 Å². The molecule has 4 rings (SSSR count). The molecular formula is C23H25FN4O. The standard InChI is InChI=1S/C23H25FN4O/c1-23(15-25,18-9-10-18)26-21(29)13-17-14-28(20-5-3-2-4-6-20)27-22(17)16-7-11-19(24)12-8-16/h2-8,11-12,14,18H,9-10,13,15,25H2,1H3,(H,26,29). The van der Waals surface area contributed by atoms with Gasteiger partial charge >= 0.3 is 0 Å². The van der Waals surface area contributed by atoms with E-state index in [1.54, 1.807) is 16.8 Å². The number of rotatable bonds is 7. The van der Waals surface area contributed by atoms with E-state index >= 15 is 0 Å². The fourth-order valence-corrected chi connectivity index (χ4v) is 3.68. The molecule has 0 radical (unpaired) electrons. The van der Waals surface area contributed by atoms with Gasteiger partial charge in [0.2, 0.25) is 5.91 Å². The number of para-hydroxylation sites is 1. The molecule has 3 aromatic rings. The van der Waals surface area contributed by atoms with Gasteiger partial charge < -0.3 is 11.1 Å². The summed E-state index contributed by atoms with van der Waals surface area (Å²) in [6.45, 7) is 2.42. The van der Waals surface area contributed by atoms with E-state index in [1.165, 1.54) is 12.1 Å². The van der Waals surface area contributed by atoms with E-state index in [4.69, 9.17) is 5.73 Å². The maximum Gasteiger partial charge on any atom is 0.225 e. The highest BCUT2D eigenvalue weighted by Gasteiger charge is 2.41. The number of carbonyl (C=O) groups is 1. The van der Waals surface area contributed by atoms with Gasteiger partial charge in [-0.15, -0.1) is 0 Å². The van der Waals surface area contributed by atoms with Crippen molar-refractivity contribution in [2.45, 2.75) is 31.7 Å². The summed E-state index contributed by atoms with van der Waals surface area (Å²) in [7, 11) is 0. The molecule has 1 aliphatic carbocycles. The van der Waals surface area contributed by atoms with Crippen molar-refractivity contribution in [1.29, 1.82) is 0 Å². The first-order valence-electron chi connectivity index (χ1n) is 9.89. The molecule has 150 valence electrons. The van der Waals surface area contributed by atoms with Gasteiger partial charge in [0.25, 0.3) is 0 Å². The highest BCUT2D eigenvalue weighted by Crippen LogP contribution is 2.39. The van der Waals surface area contributed by atoms with Crippen molar-refractivity contribution in [2.75, 3.05) is 6.54 Å². The first-order chi connectivity index (χ1) is 14.0. The summed E-state index contributed by atoms with van der Waals surface area (Å²) in [6, 6.07) is 15.9. The lowest BCUT2D eigenvalue weighted by molar-refractivity contribution is -0.122. The molecule has 2 aromatic carbocycles. The van der Waals surface area contributed by atoms with Gasteiger partial charge in [-0.25, -0.2) is 9.07 Å². The number of nitrogens with two attached hydrogens (primary N) is 1. The third-order valence-electron chi connectivity index (χ3n) is 5.61. The number of amides is 1. The lowest BCUT2D eigenvalue weighted by atomic mass is 9.95. The third-order valence-corrected chi connectivity index (χ3v) is 5.61. The number of aromatic nitrogens is 2. The quantitative estimate of drug-likeness (QED) is 0.647. The Morgan fingerprint density at radius 2 is 1.90 bits per heavy atom. The van der Waals surface area contributed by atoms with E-state index in [0.717, 1.165) is 29.7 Å². The van der Waals surface area contributed by atoms with E-state index in [9.17, 15) is 9.18 Å². The Morgan fingerprint density at radius 3 is 2.52 bits per heavy atom. The first kappa shape index (κ1) is 19.3. The van der Waals surface area contributed by atoms with Crippen LogP contribution in [0.5, 0.6) is 0 Å². The third kappa shape index (κ3) is 4.22. The number of hydrogen-bond acceptors (Lipinski definition) is 3. The summed E-state index contributed by atoms with van der Waals surface area (Å²) in [5.41, 5.74) is 8.69. The van der Waals surface area contributed by atoms with Gasteiger partial charge in [0, 0.05) is 23.9 Å². The molecule has 6 heteroatoms. The van der Waals surface area contributed by atoms with Crippen LogP contribution in [0, 0.1) is 11.7 Å². The molecule has 1 amide bonds. The maximum atomic E-state index is 13.4. The van der Waals surface area contributed by atoms with Gasteiger partial charge in [-0.05, 0) is 62.1 Å². The van der Waals surface area contributed by atoms with Crippen molar-refractivity contribution in [1.82, 2.24) is 15.1 Å². The average Bonchev–Trinajstić information content (AvgIpc) is 3.51. The van der Waals surface area contributed by atoms with Crippen LogP contribution in [0.4, 0.5) is 4.39 Å². The summed E-state index contributed by atoms with van der Waals surface area (Å²) in [5.74, 6) is 0.0552. The fraction of sp³-hybridized carbons (Fsp3) is 0.304. The van der Waals surface area contributed by atoms with Gasteiger partial charge in [0.1, 0.15) is 5.82 Å². The van der Waals surface area contributed by atoms with Gasteiger partial charge in [0.05, 0.1) is 23.3 Å². The van der Waals surface area contributed by atoms with Crippen LogP contribution in [-0.2, 0) is 11.2 Å². The van der Waals surface area contributed by atoms with Crippen LogP contribution in [0.25, 0.3) is 16.9 Å². The van der Waals surface area contributed by atoms with Crippen molar-refractivity contribution in [3.05, 3.63) is 72.2 Å². The predicted molar refractivity (Wildman–Crippen MR) is 111 cm³/mol. The number of halogens is 1. The monoisotopic (exact) mass is 392 g/mol. The van der Waals surface area contributed by atoms with Crippen molar-refractivity contribution in [3.63, 3.8) is 0 Å². The molecule has 3 N–H and O–H groups in total. The largest absolute Gasteiger partial charge is 0.349 e. The predicted octanol–water partition coefficient (Wildman–Crippen LogP) is 3.46. The van der Waals surface area contributed by atoms with Crippen molar-refractivity contribution < 1.29 is 9.18 Å². The van der Waals surface area contributed by atoms with Crippen molar-refractivity contribution in [3.8, 4) is 16.9 Å². The Balaban J connectivity index is 1.64. The number of benzene rings is 2. The lowest BCUT2D eigenvalue weighted by Gasteiger charge is -2.29. The molecule has 1 saturated carbocycles. The van der Waals surface area contributed by atoms with Crippen LogP contribution in [0.3, 0.4) is 0 Å². The SMILES string of the molecule is CC(CN)(NC(=O)Cc1cn(-c2ccccc2)nc1-c1ccc(F)cc1)C1CC1. The minimum Gasteiger partial charge on any atom is -0.349 e. The smallest absolute Gasteiger partial charge is 0.225 e. The van der Waals surface area contributed by atoms with Crippen LogP contribution >= 0.6 is 0 Å². The zero-order valence-electron chi connectivity index (χ0n) is 16.4. The van der Waals surface area contributed by atoms with Crippen LogP contribution in [0.2, 0.25) is 0 Å². The van der Waals surface area contributed by atoms with Crippen LogP contribution in [-0.4, -0.2) is 27.8 Å². The van der Waals surface area contributed by atoms with Crippen LogP contribution < -0.4 is 11.1 Å². The Morgan fingerprint density at radius 1 is 1.21 bits per heavy atom. The molecule has 1 fully saturated rings. The molecule has 0 bridgehead atoms. The second-order valence-electron chi connectivity index (χ2n) is 7.91. The molecule has 1 aliphatic rings. The topological polar surface area (TPSA) is 72.9 Å². The number of nitrogens with zero attached hydrogens (tertiary/aromatic N) is 2. The van der Waals surface area contributed by atoms with E-state index in [-0.39, 0.29) is 23.7 Å². The number of hydrogen-bond donors (Lipinski definition) is 2. The fourth-order valence-electron chi connectivity index (χ4n) is 3.68. The first-order valence-corrected chi connectivity index (χ1v) is 9.89. The molecule has 0 aliphatic heterocycles. The lowest BCUT2D eigenvalue weighted by Crippen LogP contribution is -2.53. The molecule has 1 heterocycles. The Bertz CT molecular complexity index is 995. The summed E-state index contributed by atoms with van der Waals surface area (Å²) in [5, 5.41) is 7.82. The second-order valence-corrected chi connectivity index (χ2v) is 7.91. The summed E-state index contributed by atoms with van der Waals surface area (Å²) in [4.78, 5) is 12.8. The maximum absolute atomic E-state index is 13.4. The van der Waals surface area contributed by atoms with Crippen molar-refractivity contribution in [2.24, 2.45) is 11.7 Å². The molecule has 0 saturated heterocycles. The zero-order valence-corrected chi connectivity index (χ0v) is 16.4. The molecule has 1 atom stereocenters. The second kappa shape index (κ2) is 7.79. The molecule has 5 nitrogen and oxygen atoms in total. The highest BCUT2D eigenvalue weighted by molar-refractivity contribution is 5.82. The minimum absolute atomic E-state index is 0.0826. The number of nitrogens with one attached hydrogen (secondary N) is 1. The highest BCUT2D eigenvalue weighted by atomic mass is 19.1. The number of carbonyl (C=O) groups excluding carboxylic acids is 1. The zero-order chi connectivity index (χ0) is 20.4. The molecular weight excluding hydrogens is 367 g/mol. The summed E-state index contributed by atoms with van der Waals surface area (Å²) in [6.07, 6.45) is 4.24. The molecule has 29 heavy (non-hydrogen) atoms.